The molecular formula is C59H38N4. The van der Waals surface area contributed by atoms with Crippen LogP contribution in [0.15, 0.2) is 231 Å². The van der Waals surface area contributed by atoms with Crippen LogP contribution in [0.1, 0.15) is 0 Å². The van der Waals surface area contributed by atoms with Crippen LogP contribution < -0.4 is 0 Å². The standard InChI is InChI=1S/C59H38N4/c1-4-16-39(17-5-1)42-36-52(40-18-6-2-7-19-40)60-53(37-42)41-28-30-44(31-29-41)62-55-26-14-10-22-46(55)49-33-34-50-47-23-11-15-27-56(47)63(59(50)58(49)62)45-32-35-57-51(38-45)48-24-12-13-25-54(48)61(57)43-20-8-3-9-21-43/h1-38H. The molecule has 4 heteroatoms. The lowest BCUT2D eigenvalue weighted by Crippen LogP contribution is -1.99. The third-order valence-electron chi connectivity index (χ3n) is 12.8. The summed E-state index contributed by atoms with van der Waals surface area (Å²) in [6.45, 7) is 0. The van der Waals surface area contributed by atoms with Gasteiger partial charge in [0.15, 0.2) is 0 Å². The van der Waals surface area contributed by atoms with E-state index in [-0.39, 0.29) is 0 Å². The minimum Gasteiger partial charge on any atom is -0.309 e. The van der Waals surface area contributed by atoms with Crippen molar-refractivity contribution in [3.05, 3.63) is 231 Å². The van der Waals surface area contributed by atoms with E-state index in [1.807, 2.05) is 0 Å². The smallest absolute Gasteiger partial charge is 0.0788 e. The molecule has 4 heterocycles. The summed E-state index contributed by atoms with van der Waals surface area (Å²) in [5.41, 5.74) is 16.8. The normalized spacial score (nSPS) is 11.8. The van der Waals surface area contributed by atoms with Gasteiger partial charge in [0.05, 0.1) is 44.5 Å². The van der Waals surface area contributed by atoms with Gasteiger partial charge in [-0.25, -0.2) is 4.98 Å². The largest absolute Gasteiger partial charge is 0.309 e. The second-order valence-corrected chi connectivity index (χ2v) is 16.4. The van der Waals surface area contributed by atoms with Gasteiger partial charge in [-0.15, -0.1) is 0 Å². The predicted molar refractivity (Wildman–Crippen MR) is 264 cm³/mol. The Bertz CT molecular complexity index is 3820. The molecule has 0 N–H and O–H groups in total. The van der Waals surface area contributed by atoms with E-state index in [2.05, 4.69) is 244 Å². The highest BCUT2D eigenvalue weighted by atomic mass is 15.0. The van der Waals surface area contributed by atoms with Gasteiger partial charge in [-0.1, -0.05) is 158 Å². The summed E-state index contributed by atoms with van der Waals surface area (Å²) in [6.07, 6.45) is 0. The Balaban J connectivity index is 1.04. The van der Waals surface area contributed by atoms with Crippen LogP contribution in [0.5, 0.6) is 0 Å². The second kappa shape index (κ2) is 14.1. The molecule has 4 nitrogen and oxygen atoms in total. The molecule has 13 rings (SSSR count). The Kier molecular flexibility index (Phi) is 7.87. The number of benzene rings is 9. The first-order chi connectivity index (χ1) is 31.3. The number of pyridine rings is 1. The first-order valence-electron chi connectivity index (χ1n) is 21.5. The van der Waals surface area contributed by atoms with E-state index in [1.54, 1.807) is 0 Å². The Morgan fingerprint density at radius 2 is 0.651 bits per heavy atom. The Hall–Kier alpha value is -8.47. The van der Waals surface area contributed by atoms with Crippen LogP contribution in [0.25, 0.3) is 116 Å². The van der Waals surface area contributed by atoms with Crippen molar-refractivity contribution in [1.82, 2.24) is 18.7 Å². The number of hydrogen-bond donors (Lipinski definition) is 0. The summed E-state index contributed by atoms with van der Waals surface area (Å²) >= 11 is 0. The maximum Gasteiger partial charge on any atom is 0.0788 e. The lowest BCUT2D eigenvalue weighted by molar-refractivity contribution is 1.15. The van der Waals surface area contributed by atoms with E-state index in [1.165, 1.54) is 71.0 Å². The third-order valence-corrected chi connectivity index (χ3v) is 12.8. The summed E-state index contributed by atoms with van der Waals surface area (Å²) in [5, 5.41) is 7.35. The lowest BCUT2D eigenvalue weighted by atomic mass is 10.00. The van der Waals surface area contributed by atoms with Crippen molar-refractivity contribution in [2.75, 3.05) is 0 Å². The van der Waals surface area contributed by atoms with Gasteiger partial charge in [0, 0.05) is 60.5 Å². The molecule has 0 saturated carbocycles. The number of para-hydroxylation sites is 4. The Labute approximate surface area is 363 Å². The number of hydrogen-bond acceptors (Lipinski definition) is 1. The van der Waals surface area contributed by atoms with Gasteiger partial charge in [0.25, 0.3) is 0 Å². The second-order valence-electron chi connectivity index (χ2n) is 16.4. The van der Waals surface area contributed by atoms with Crippen LogP contribution >= 0.6 is 0 Å². The molecule has 63 heavy (non-hydrogen) atoms. The van der Waals surface area contributed by atoms with E-state index in [0.717, 1.165) is 45.1 Å². The fourth-order valence-corrected chi connectivity index (χ4v) is 10.0. The molecule has 0 aliphatic heterocycles. The van der Waals surface area contributed by atoms with Gasteiger partial charge in [-0.2, -0.15) is 0 Å². The molecule has 0 saturated heterocycles. The number of rotatable bonds is 6. The quantitative estimate of drug-likeness (QED) is 0.165. The molecule has 0 aliphatic rings. The van der Waals surface area contributed by atoms with Crippen LogP contribution in [0.2, 0.25) is 0 Å². The van der Waals surface area contributed by atoms with Crippen molar-refractivity contribution in [3.8, 4) is 50.7 Å². The van der Waals surface area contributed by atoms with Crippen molar-refractivity contribution < 1.29 is 0 Å². The fourth-order valence-electron chi connectivity index (χ4n) is 10.0. The van der Waals surface area contributed by atoms with E-state index >= 15 is 0 Å². The molecule has 9 aromatic carbocycles. The number of fused-ring (bicyclic) bond motifs is 10. The van der Waals surface area contributed by atoms with Crippen LogP contribution in [0.4, 0.5) is 0 Å². The molecule has 0 spiro atoms. The first-order valence-corrected chi connectivity index (χ1v) is 21.5. The first kappa shape index (κ1) is 35.3. The summed E-state index contributed by atoms with van der Waals surface area (Å²) in [6, 6.07) is 83.2. The van der Waals surface area contributed by atoms with Crippen LogP contribution in [-0.2, 0) is 0 Å². The zero-order valence-corrected chi connectivity index (χ0v) is 34.2. The van der Waals surface area contributed by atoms with Crippen molar-refractivity contribution in [1.29, 1.82) is 0 Å². The Morgan fingerprint density at radius 1 is 0.238 bits per heavy atom. The summed E-state index contributed by atoms with van der Waals surface area (Å²) in [5.74, 6) is 0. The van der Waals surface area contributed by atoms with Gasteiger partial charge in [-0.05, 0) is 83.9 Å². The van der Waals surface area contributed by atoms with E-state index in [4.69, 9.17) is 4.98 Å². The van der Waals surface area contributed by atoms with Gasteiger partial charge in [-0.3, -0.25) is 0 Å². The third kappa shape index (κ3) is 5.52. The van der Waals surface area contributed by atoms with Crippen LogP contribution in [0, 0.1) is 0 Å². The topological polar surface area (TPSA) is 27.7 Å². The van der Waals surface area contributed by atoms with Crippen molar-refractivity contribution >= 4 is 65.4 Å². The fraction of sp³-hybridized carbons (Fsp3) is 0. The van der Waals surface area contributed by atoms with Crippen molar-refractivity contribution in [3.63, 3.8) is 0 Å². The van der Waals surface area contributed by atoms with Crippen molar-refractivity contribution in [2.45, 2.75) is 0 Å². The zero-order chi connectivity index (χ0) is 41.4. The van der Waals surface area contributed by atoms with Gasteiger partial charge in [0.1, 0.15) is 0 Å². The van der Waals surface area contributed by atoms with E-state index < -0.39 is 0 Å². The molecule has 0 aliphatic carbocycles. The molecule has 0 atom stereocenters. The van der Waals surface area contributed by atoms with Crippen LogP contribution in [0.3, 0.4) is 0 Å². The molecular weight excluding hydrogens is 765 g/mol. The molecule has 13 aromatic rings. The highest BCUT2D eigenvalue weighted by Crippen LogP contribution is 2.43. The summed E-state index contributed by atoms with van der Waals surface area (Å²) in [7, 11) is 0. The van der Waals surface area contributed by atoms with Crippen LogP contribution in [-0.4, -0.2) is 18.7 Å². The molecule has 0 fully saturated rings. The highest BCUT2D eigenvalue weighted by Gasteiger charge is 2.22. The van der Waals surface area contributed by atoms with E-state index in [9.17, 15) is 0 Å². The predicted octanol–water partition coefficient (Wildman–Crippen LogP) is 15.4. The average molecular weight is 803 g/mol. The minimum atomic E-state index is 0.940. The molecule has 0 amide bonds. The van der Waals surface area contributed by atoms with Gasteiger partial charge in [0.2, 0.25) is 0 Å². The molecule has 0 unspecified atom stereocenters. The molecule has 294 valence electrons. The van der Waals surface area contributed by atoms with E-state index in [0.29, 0.717) is 0 Å². The molecule has 0 bridgehead atoms. The lowest BCUT2D eigenvalue weighted by Gasteiger charge is -2.14. The molecule has 4 aromatic heterocycles. The monoisotopic (exact) mass is 802 g/mol. The number of aromatic nitrogens is 4. The van der Waals surface area contributed by atoms with Gasteiger partial charge < -0.3 is 13.7 Å². The zero-order valence-electron chi connectivity index (χ0n) is 34.2. The SMILES string of the molecule is c1ccc(-c2cc(-c3ccccc3)nc(-c3ccc(-n4c5ccccc5c5ccc6c7ccccc7n(-c7ccc8c(c7)c7ccccc7n8-c7ccccc7)c6c54)cc3)c2)cc1. The maximum absolute atomic E-state index is 5.25. The molecule has 0 radical (unpaired) electrons. The maximum atomic E-state index is 5.25. The number of nitrogens with zero attached hydrogens (tertiary/aromatic N) is 4. The summed E-state index contributed by atoms with van der Waals surface area (Å²) in [4.78, 5) is 5.25. The minimum absolute atomic E-state index is 0.940. The van der Waals surface area contributed by atoms with Gasteiger partial charge >= 0.3 is 0 Å². The Morgan fingerprint density at radius 3 is 1.24 bits per heavy atom. The van der Waals surface area contributed by atoms with Crippen molar-refractivity contribution in [2.24, 2.45) is 0 Å². The average Bonchev–Trinajstić information content (AvgIpc) is 4.00. The highest BCUT2D eigenvalue weighted by molar-refractivity contribution is 6.24. The summed E-state index contributed by atoms with van der Waals surface area (Å²) < 4.78 is 7.35.